The third-order valence-electron chi connectivity index (χ3n) is 4.33. The average molecular weight is 347 g/mol. The summed E-state index contributed by atoms with van der Waals surface area (Å²) in [6, 6.07) is 3.70. The summed E-state index contributed by atoms with van der Waals surface area (Å²) < 4.78 is 7.64. The normalized spacial score (nSPS) is 17.6. The molecule has 2 heterocycles. The van der Waals surface area contributed by atoms with Crippen LogP contribution in [0.25, 0.3) is 10.9 Å². The molecule has 2 N–H and O–H groups in total. The molecule has 0 aliphatic carbocycles. The Bertz CT molecular complexity index is 779. The van der Waals surface area contributed by atoms with Gasteiger partial charge in [0.1, 0.15) is 13.1 Å². The Morgan fingerprint density at radius 3 is 2.60 bits per heavy atom. The largest absolute Gasteiger partial charge is 0.480 e. The van der Waals surface area contributed by atoms with E-state index < -0.39 is 11.9 Å². The Morgan fingerprint density at radius 2 is 2.00 bits per heavy atom. The van der Waals surface area contributed by atoms with Gasteiger partial charge in [0.25, 0.3) is 0 Å². The second-order valence-corrected chi connectivity index (χ2v) is 6.25. The van der Waals surface area contributed by atoms with E-state index in [-0.39, 0.29) is 19.3 Å². The smallest absolute Gasteiger partial charge is 0.323 e. The molecule has 0 amide bonds. The zero-order valence-electron chi connectivity index (χ0n) is 14.0. The molecule has 0 spiro atoms. The first-order valence-electron chi connectivity index (χ1n) is 8.23. The van der Waals surface area contributed by atoms with E-state index in [0.29, 0.717) is 12.3 Å². The van der Waals surface area contributed by atoms with Crippen LogP contribution in [0.1, 0.15) is 31.1 Å². The number of anilines is 1. The molecule has 8 heteroatoms. The summed E-state index contributed by atoms with van der Waals surface area (Å²) in [5.41, 5.74) is 2.28. The van der Waals surface area contributed by atoms with Crippen LogP contribution in [-0.4, -0.2) is 51.6 Å². The van der Waals surface area contributed by atoms with Crippen LogP contribution in [0.2, 0.25) is 0 Å². The molecule has 8 nitrogen and oxygen atoms in total. The minimum atomic E-state index is -1.08. The van der Waals surface area contributed by atoms with Crippen molar-refractivity contribution in [1.29, 1.82) is 0 Å². The van der Waals surface area contributed by atoms with Crippen molar-refractivity contribution in [3.05, 3.63) is 23.9 Å². The number of ether oxygens (including phenoxy) is 1. The lowest BCUT2D eigenvalue weighted by molar-refractivity contribution is -0.136. The molecule has 1 aliphatic heterocycles. The fourth-order valence-electron chi connectivity index (χ4n) is 3.23. The molecule has 134 valence electrons. The molecular weight excluding hydrogens is 326 g/mol. The first kappa shape index (κ1) is 17.2. The van der Waals surface area contributed by atoms with Gasteiger partial charge in [-0.3, -0.25) is 9.59 Å². The van der Waals surface area contributed by atoms with Gasteiger partial charge in [-0.05, 0) is 43.9 Å². The molecular formula is C17H21N3O5. The van der Waals surface area contributed by atoms with Gasteiger partial charge in [0, 0.05) is 17.7 Å². The fourth-order valence-corrected chi connectivity index (χ4v) is 3.23. The lowest BCUT2D eigenvalue weighted by Crippen LogP contribution is -2.34. The zero-order valence-corrected chi connectivity index (χ0v) is 14.0. The predicted octanol–water partition coefficient (Wildman–Crippen LogP) is 2.02. The van der Waals surface area contributed by atoms with Crippen LogP contribution in [-0.2, 0) is 14.3 Å². The number of rotatable bonds is 6. The molecule has 1 saturated heterocycles. The van der Waals surface area contributed by atoms with Crippen molar-refractivity contribution >= 4 is 28.5 Å². The standard InChI is InChI=1S/C17H21N3O5/c1-11-6-14-12(8-18-20(14)15-4-2-3-5-25-15)7-13(11)19(9-16(21)22)10-17(23)24/h6-8,15H,2-5,9-10H2,1H3,(H,21,22)(H,23,24). The number of carbonyl (C=O) groups is 2. The third-order valence-corrected chi connectivity index (χ3v) is 4.33. The van der Waals surface area contributed by atoms with E-state index >= 15 is 0 Å². The van der Waals surface area contributed by atoms with E-state index in [1.807, 2.05) is 17.7 Å². The number of carboxylic acids is 2. The van der Waals surface area contributed by atoms with Gasteiger partial charge in [0.15, 0.2) is 6.23 Å². The van der Waals surface area contributed by atoms with Crippen LogP contribution in [0.15, 0.2) is 18.3 Å². The van der Waals surface area contributed by atoms with Gasteiger partial charge in [-0.2, -0.15) is 5.10 Å². The summed E-state index contributed by atoms with van der Waals surface area (Å²) >= 11 is 0. The van der Waals surface area contributed by atoms with Gasteiger partial charge >= 0.3 is 11.9 Å². The van der Waals surface area contributed by atoms with Crippen molar-refractivity contribution in [2.75, 3.05) is 24.6 Å². The number of hydrogen-bond donors (Lipinski definition) is 2. The highest BCUT2D eigenvalue weighted by Gasteiger charge is 2.21. The van der Waals surface area contributed by atoms with Crippen molar-refractivity contribution in [3.63, 3.8) is 0 Å². The van der Waals surface area contributed by atoms with Crippen molar-refractivity contribution in [3.8, 4) is 0 Å². The van der Waals surface area contributed by atoms with Gasteiger partial charge in [-0.25, -0.2) is 4.68 Å². The molecule has 0 saturated carbocycles. The molecule has 1 aliphatic rings. The molecule has 0 bridgehead atoms. The van der Waals surface area contributed by atoms with Crippen LogP contribution in [0.5, 0.6) is 0 Å². The maximum atomic E-state index is 11.1. The van der Waals surface area contributed by atoms with E-state index in [1.165, 1.54) is 4.90 Å². The minimum absolute atomic E-state index is 0.0920. The van der Waals surface area contributed by atoms with Gasteiger partial charge in [-0.15, -0.1) is 0 Å². The van der Waals surface area contributed by atoms with Gasteiger partial charge in [-0.1, -0.05) is 0 Å². The molecule has 2 aromatic rings. The molecule has 3 rings (SSSR count). The summed E-state index contributed by atoms with van der Waals surface area (Å²) in [6.45, 7) is 1.80. The maximum Gasteiger partial charge on any atom is 0.323 e. The highest BCUT2D eigenvalue weighted by molar-refractivity contribution is 5.87. The third kappa shape index (κ3) is 3.74. The molecule has 1 fully saturated rings. The molecule has 1 unspecified atom stereocenters. The molecule has 25 heavy (non-hydrogen) atoms. The average Bonchev–Trinajstić information content (AvgIpc) is 2.96. The SMILES string of the molecule is Cc1cc2c(cnn2C2CCCCO2)cc1N(CC(=O)O)CC(=O)O. The number of aryl methyl sites for hydroxylation is 1. The lowest BCUT2D eigenvalue weighted by Gasteiger charge is -2.25. The quantitative estimate of drug-likeness (QED) is 0.823. The first-order valence-corrected chi connectivity index (χ1v) is 8.23. The highest BCUT2D eigenvalue weighted by Crippen LogP contribution is 2.30. The van der Waals surface area contributed by atoms with Crippen LogP contribution in [0, 0.1) is 6.92 Å². The maximum absolute atomic E-state index is 11.1. The second-order valence-electron chi connectivity index (χ2n) is 6.25. The van der Waals surface area contributed by atoms with Gasteiger partial charge in [0.05, 0.1) is 11.7 Å². The van der Waals surface area contributed by atoms with Crippen LogP contribution < -0.4 is 4.90 Å². The summed E-state index contributed by atoms with van der Waals surface area (Å²) in [4.78, 5) is 23.5. The van der Waals surface area contributed by atoms with Crippen molar-refractivity contribution < 1.29 is 24.5 Å². The van der Waals surface area contributed by atoms with Crippen molar-refractivity contribution in [1.82, 2.24) is 9.78 Å². The number of fused-ring (bicyclic) bond motifs is 1. The number of benzene rings is 1. The van der Waals surface area contributed by atoms with Crippen LogP contribution in [0.3, 0.4) is 0 Å². The topological polar surface area (TPSA) is 105 Å². The summed E-state index contributed by atoms with van der Waals surface area (Å²) in [5.74, 6) is -2.15. The van der Waals surface area contributed by atoms with Crippen molar-refractivity contribution in [2.24, 2.45) is 0 Å². The molecule has 1 aromatic heterocycles. The predicted molar refractivity (Wildman–Crippen MR) is 90.8 cm³/mol. The lowest BCUT2D eigenvalue weighted by atomic mass is 10.1. The number of aromatic nitrogens is 2. The number of hydrogen-bond acceptors (Lipinski definition) is 5. The Labute approximate surface area is 144 Å². The summed E-state index contributed by atoms with van der Waals surface area (Å²) in [6.07, 6.45) is 4.66. The fraction of sp³-hybridized carbons (Fsp3) is 0.471. The number of aliphatic carboxylic acids is 2. The Balaban J connectivity index is 1.98. The Kier molecular flexibility index (Phi) is 4.89. The Hall–Kier alpha value is -2.61. The monoisotopic (exact) mass is 347 g/mol. The van der Waals surface area contributed by atoms with Gasteiger partial charge < -0.3 is 19.8 Å². The van der Waals surface area contributed by atoms with Gasteiger partial charge in [0.2, 0.25) is 0 Å². The number of nitrogens with zero attached hydrogens (tertiary/aromatic N) is 3. The van der Waals surface area contributed by atoms with Crippen LogP contribution >= 0.6 is 0 Å². The Morgan fingerprint density at radius 1 is 1.28 bits per heavy atom. The van der Waals surface area contributed by atoms with E-state index in [2.05, 4.69) is 5.10 Å². The number of carboxylic acid groups (broad SMARTS) is 2. The van der Waals surface area contributed by atoms with E-state index in [1.54, 1.807) is 12.3 Å². The molecule has 1 atom stereocenters. The highest BCUT2D eigenvalue weighted by atomic mass is 16.5. The second kappa shape index (κ2) is 7.10. The first-order chi connectivity index (χ1) is 12.0. The van der Waals surface area contributed by atoms with E-state index in [9.17, 15) is 9.59 Å². The molecule has 0 radical (unpaired) electrons. The van der Waals surface area contributed by atoms with Crippen molar-refractivity contribution in [2.45, 2.75) is 32.4 Å². The summed E-state index contributed by atoms with van der Waals surface area (Å²) in [5, 5.41) is 23.4. The summed E-state index contributed by atoms with van der Waals surface area (Å²) in [7, 11) is 0. The zero-order chi connectivity index (χ0) is 18.0. The molecule has 1 aromatic carbocycles. The van der Waals surface area contributed by atoms with E-state index in [4.69, 9.17) is 14.9 Å². The minimum Gasteiger partial charge on any atom is -0.480 e. The van der Waals surface area contributed by atoms with Crippen LogP contribution in [0.4, 0.5) is 5.69 Å². The van der Waals surface area contributed by atoms with E-state index in [0.717, 1.165) is 35.7 Å².